The van der Waals surface area contributed by atoms with Crippen molar-refractivity contribution in [2.45, 2.75) is 18.3 Å². The first-order valence-corrected chi connectivity index (χ1v) is 7.50. The average molecular weight is 359 g/mol. The zero-order valence-corrected chi connectivity index (χ0v) is 13.3. The second-order valence-electron chi connectivity index (χ2n) is 5.30. The van der Waals surface area contributed by atoms with Crippen molar-refractivity contribution in [3.05, 3.63) is 32.8 Å². The molecule has 0 atom stereocenters. The van der Waals surface area contributed by atoms with Crippen LogP contribution in [-0.2, 0) is 14.9 Å². The molecule has 1 spiro atoms. The van der Waals surface area contributed by atoms with Gasteiger partial charge < -0.3 is 9.64 Å². The van der Waals surface area contributed by atoms with Gasteiger partial charge in [0.1, 0.15) is 6.54 Å². The standard InChI is InChI=1S/C14H13BrClNO3/c1-20-10(18)6-17-7-14(4-5-14)11-8(13(17)19)2-3-9(15)12(11)16/h2-3H,4-7H2,1H3. The number of methoxy groups -OCH3 is 1. The smallest absolute Gasteiger partial charge is 0.325 e. The summed E-state index contributed by atoms with van der Waals surface area (Å²) in [5, 5.41) is 0.617. The van der Waals surface area contributed by atoms with Crippen molar-refractivity contribution in [2.24, 2.45) is 0 Å². The molecule has 0 unspecified atom stereocenters. The molecule has 4 nitrogen and oxygen atoms in total. The molecule has 6 heteroatoms. The molecule has 1 amide bonds. The summed E-state index contributed by atoms with van der Waals surface area (Å²) in [6.45, 7) is 0.522. The Balaban J connectivity index is 2.04. The Morgan fingerprint density at radius 3 is 2.80 bits per heavy atom. The van der Waals surface area contributed by atoms with Crippen LogP contribution in [0.25, 0.3) is 0 Å². The van der Waals surface area contributed by atoms with Gasteiger partial charge in [0, 0.05) is 22.0 Å². The molecular weight excluding hydrogens is 346 g/mol. The third-order valence-electron chi connectivity index (χ3n) is 4.04. The number of rotatable bonds is 2. The van der Waals surface area contributed by atoms with Gasteiger partial charge in [-0.2, -0.15) is 0 Å². The van der Waals surface area contributed by atoms with E-state index in [-0.39, 0.29) is 17.9 Å². The molecule has 0 bridgehead atoms. The van der Waals surface area contributed by atoms with Gasteiger partial charge in [-0.25, -0.2) is 0 Å². The van der Waals surface area contributed by atoms with Gasteiger partial charge in [0.15, 0.2) is 0 Å². The number of fused-ring (bicyclic) bond motifs is 2. The number of halogens is 2. The summed E-state index contributed by atoms with van der Waals surface area (Å²) in [6.07, 6.45) is 1.97. The molecule has 3 rings (SSSR count). The van der Waals surface area contributed by atoms with Gasteiger partial charge >= 0.3 is 5.97 Å². The summed E-state index contributed by atoms with van der Waals surface area (Å²) < 4.78 is 5.46. The SMILES string of the molecule is COC(=O)CN1CC2(CC2)c2c(ccc(Br)c2Cl)C1=O. The van der Waals surface area contributed by atoms with Gasteiger partial charge in [0.2, 0.25) is 0 Å². The van der Waals surface area contributed by atoms with Gasteiger partial charge in [-0.05, 0) is 46.5 Å². The number of carbonyl (C=O) groups excluding carboxylic acids is 2. The Kier molecular flexibility index (Phi) is 3.29. The lowest BCUT2D eigenvalue weighted by Crippen LogP contribution is -2.46. The molecule has 1 aromatic carbocycles. The highest BCUT2D eigenvalue weighted by molar-refractivity contribution is 9.10. The quantitative estimate of drug-likeness (QED) is 0.764. The maximum absolute atomic E-state index is 12.5. The van der Waals surface area contributed by atoms with Gasteiger partial charge in [0.25, 0.3) is 5.91 Å². The fraction of sp³-hybridized carbons (Fsp3) is 0.429. The van der Waals surface area contributed by atoms with Crippen LogP contribution in [0.1, 0.15) is 28.8 Å². The van der Waals surface area contributed by atoms with Gasteiger partial charge in [0.05, 0.1) is 12.1 Å². The zero-order valence-electron chi connectivity index (χ0n) is 10.9. The van der Waals surface area contributed by atoms with E-state index in [9.17, 15) is 9.59 Å². The summed E-state index contributed by atoms with van der Waals surface area (Å²) >= 11 is 9.78. The van der Waals surface area contributed by atoms with Crippen molar-refractivity contribution in [1.82, 2.24) is 4.90 Å². The molecule has 0 saturated heterocycles. The number of carbonyl (C=O) groups is 2. The van der Waals surface area contributed by atoms with Gasteiger partial charge in [-0.1, -0.05) is 11.6 Å². The molecule has 0 aromatic heterocycles. The molecule has 20 heavy (non-hydrogen) atoms. The van der Waals surface area contributed by atoms with Crippen molar-refractivity contribution >= 4 is 39.4 Å². The summed E-state index contributed by atoms with van der Waals surface area (Å²) in [5.41, 5.74) is 1.45. The highest BCUT2D eigenvalue weighted by atomic mass is 79.9. The Morgan fingerprint density at radius 1 is 1.50 bits per heavy atom. The molecular formula is C14H13BrClNO3. The monoisotopic (exact) mass is 357 g/mol. The van der Waals surface area contributed by atoms with Crippen LogP contribution in [0.15, 0.2) is 16.6 Å². The maximum Gasteiger partial charge on any atom is 0.325 e. The van der Waals surface area contributed by atoms with E-state index in [0.29, 0.717) is 17.1 Å². The lowest BCUT2D eigenvalue weighted by Gasteiger charge is -2.34. The average Bonchev–Trinajstić information content (AvgIpc) is 3.19. The number of ether oxygens (including phenoxy) is 1. The van der Waals surface area contributed by atoms with Crippen LogP contribution in [0.3, 0.4) is 0 Å². The van der Waals surface area contributed by atoms with Crippen molar-refractivity contribution in [1.29, 1.82) is 0 Å². The zero-order chi connectivity index (χ0) is 14.5. The minimum atomic E-state index is -0.402. The normalized spacial score (nSPS) is 18.9. The van der Waals surface area contributed by atoms with Crippen LogP contribution in [0.5, 0.6) is 0 Å². The van der Waals surface area contributed by atoms with E-state index >= 15 is 0 Å². The molecule has 1 aliphatic heterocycles. The molecule has 0 radical (unpaired) electrons. The molecule has 1 fully saturated rings. The Labute approximate surface area is 130 Å². The van der Waals surface area contributed by atoms with E-state index < -0.39 is 5.97 Å². The second-order valence-corrected chi connectivity index (χ2v) is 6.53. The van der Waals surface area contributed by atoms with Crippen LogP contribution in [0, 0.1) is 0 Å². The lowest BCUT2D eigenvalue weighted by molar-refractivity contribution is -0.141. The predicted molar refractivity (Wildman–Crippen MR) is 78.0 cm³/mol. The number of hydrogen-bond acceptors (Lipinski definition) is 3. The van der Waals surface area contributed by atoms with Crippen LogP contribution >= 0.6 is 27.5 Å². The summed E-state index contributed by atoms with van der Waals surface area (Å²) in [4.78, 5) is 25.5. The first-order valence-electron chi connectivity index (χ1n) is 6.33. The fourth-order valence-corrected chi connectivity index (χ4v) is 3.54. The fourth-order valence-electron chi connectivity index (χ4n) is 2.84. The van der Waals surface area contributed by atoms with Crippen LogP contribution in [-0.4, -0.2) is 37.0 Å². The number of esters is 1. The Bertz CT molecular complexity index is 613. The van der Waals surface area contributed by atoms with E-state index in [4.69, 9.17) is 11.6 Å². The van der Waals surface area contributed by atoms with Crippen molar-refractivity contribution in [2.75, 3.05) is 20.2 Å². The van der Waals surface area contributed by atoms with E-state index in [2.05, 4.69) is 20.7 Å². The predicted octanol–water partition coefficient (Wildman–Crippen LogP) is 2.76. The summed E-state index contributed by atoms with van der Waals surface area (Å²) in [7, 11) is 1.32. The van der Waals surface area contributed by atoms with E-state index in [1.165, 1.54) is 7.11 Å². The third kappa shape index (κ3) is 2.04. The second kappa shape index (κ2) is 4.74. The topological polar surface area (TPSA) is 46.6 Å². The lowest BCUT2D eigenvalue weighted by atomic mass is 9.86. The third-order valence-corrected chi connectivity index (χ3v) is 5.32. The van der Waals surface area contributed by atoms with Crippen molar-refractivity contribution in [3.63, 3.8) is 0 Å². The highest BCUT2D eigenvalue weighted by Crippen LogP contribution is 2.55. The maximum atomic E-state index is 12.5. The molecule has 1 saturated carbocycles. The number of amides is 1. The van der Waals surface area contributed by atoms with Gasteiger partial charge in [-0.3, -0.25) is 9.59 Å². The first-order chi connectivity index (χ1) is 9.48. The summed E-state index contributed by atoms with van der Waals surface area (Å²) in [5.74, 6) is -0.557. The Morgan fingerprint density at radius 2 is 2.20 bits per heavy atom. The number of hydrogen-bond donors (Lipinski definition) is 0. The molecule has 0 N–H and O–H groups in total. The molecule has 1 heterocycles. The number of nitrogens with zero attached hydrogens (tertiary/aromatic N) is 1. The molecule has 106 valence electrons. The minimum Gasteiger partial charge on any atom is -0.468 e. The van der Waals surface area contributed by atoms with Crippen LogP contribution in [0.4, 0.5) is 0 Å². The first kappa shape index (κ1) is 13.9. The van der Waals surface area contributed by atoms with Crippen molar-refractivity contribution < 1.29 is 14.3 Å². The molecule has 1 aromatic rings. The van der Waals surface area contributed by atoms with Crippen molar-refractivity contribution in [3.8, 4) is 0 Å². The summed E-state index contributed by atoms with van der Waals surface area (Å²) in [6, 6.07) is 3.55. The molecule has 1 aliphatic carbocycles. The largest absolute Gasteiger partial charge is 0.468 e. The molecule has 2 aliphatic rings. The Hall–Kier alpha value is -1.07. The van der Waals surface area contributed by atoms with Crippen LogP contribution in [0.2, 0.25) is 5.02 Å². The van der Waals surface area contributed by atoms with Crippen LogP contribution < -0.4 is 0 Å². The minimum absolute atomic E-state index is 0.00972. The van der Waals surface area contributed by atoms with E-state index in [0.717, 1.165) is 22.9 Å². The van der Waals surface area contributed by atoms with Gasteiger partial charge in [-0.15, -0.1) is 0 Å². The highest BCUT2D eigenvalue weighted by Gasteiger charge is 2.53. The number of benzene rings is 1. The van der Waals surface area contributed by atoms with E-state index in [1.807, 2.05) is 0 Å². The van der Waals surface area contributed by atoms with E-state index in [1.54, 1.807) is 17.0 Å².